The van der Waals surface area contributed by atoms with Crippen molar-refractivity contribution < 1.29 is 19.1 Å². The molecule has 0 atom stereocenters. The number of aromatic carboxylic acids is 1. The third-order valence-electron chi connectivity index (χ3n) is 2.35. The van der Waals surface area contributed by atoms with Crippen LogP contribution in [0.25, 0.3) is 0 Å². The average Bonchev–Trinajstić information content (AvgIpc) is 2.82. The molecule has 98 valence electrons. The second kappa shape index (κ2) is 5.15. The van der Waals surface area contributed by atoms with Gasteiger partial charge in [-0.3, -0.25) is 4.79 Å². The van der Waals surface area contributed by atoms with E-state index in [1.807, 2.05) is 0 Å². The molecule has 1 aromatic carbocycles. The summed E-state index contributed by atoms with van der Waals surface area (Å²) < 4.78 is 12.9. The summed E-state index contributed by atoms with van der Waals surface area (Å²) in [6, 6.07) is 3.96. The lowest BCUT2D eigenvalue weighted by Crippen LogP contribution is -2.13. The van der Waals surface area contributed by atoms with Gasteiger partial charge in [-0.1, -0.05) is 0 Å². The number of nitrogens with one attached hydrogen (secondary N) is 1. The highest BCUT2D eigenvalue weighted by atomic mass is 32.1. The van der Waals surface area contributed by atoms with Crippen LogP contribution in [0.1, 0.15) is 25.9 Å². The zero-order valence-corrected chi connectivity index (χ0v) is 10.6. The van der Waals surface area contributed by atoms with Crippen molar-refractivity contribution in [2.24, 2.45) is 0 Å². The number of anilines is 1. The number of benzene rings is 1. The van der Waals surface area contributed by atoms with Crippen LogP contribution >= 0.6 is 11.3 Å². The number of halogens is 1. The number of hydrogen-bond acceptors (Lipinski definition) is 4. The molecule has 0 spiro atoms. The zero-order valence-electron chi connectivity index (χ0n) is 9.81. The molecule has 0 aliphatic carbocycles. The number of hydrogen-bond donors (Lipinski definition) is 2. The summed E-state index contributed by atoms with van der Waals surface area (Å²) in [6.07, 6.45) is 0. The number of carbonyl (C=O) groups excluding carboxylic acids is 1. The Labute approximate surface area is 111 Å². The monoisotopic (exact) mass is 280 g/mol. The molecule has 2 N–H and O–H groups in total. The second-order valence-corrected chi connectivity index (χ2v) is 4.61. The van der Waals surface area contributed by atoms with Gasteiger partial charge in [-0.05, 0) is 30.7 Å². The Morgan fingerprint density at radius 1 is 1.42 bits per heavy atom. The predicted octanol–water partition coefficient (Wildman–Crippen LogP) is 2.54. The summed E-state index contributed by atoms with van der Waals surface area (Å²) in [7, 11) is 0. The molecule has 1 aromatic heterocycles. The van der Waals surface area contributed by atoms with Gasteiger partial charge in [0.05, 0.1) is 0 Å². The number of carboxylic acids is 1. The molecule has 0 aliphatic rings. The maximum absolute atomic E-state index is 12.9. The van der Waals surface area contributed by atoms with E-state index in [0.717, 1.165) is 11.3 Å². The Morgan fingerprint density at radius 2 is 2.16 bits per heavy atom. The first-order valence-corrected chi connectivity index (χ1v) is 6.11. The van der Waals surface area contributed by atoms with Crippen molar-refractivity contribution >= 4 is 28.9 Å². The van der Waals surface area contributed by atoms with Crippen LogP contribution in [0.5, 0.6) is 0 Å². The molecule has 0 radical (unpaired) electrons. The number of nitrogens with zero attached hydrogens (tertiary/aromatic N) is 1. The fourth-order valence-corrected chi connectivity index (χ4v) is 2.11. The molecule has 0 unspecified atom stereocenters. The topological polar surface area (TPSA) is 79.3 Å². The van der Waals surface area contributed by atoms with Crippen LogP contribution in [-0.4, -0.2) is 22.0 Å². The molecule has 0 aliphatic heterocycles. The Hall–Kier alpha value is -2.28. The van der Waals surface area contributed by atoms with Crippen LogP contribution in [0.15, 0.2) is 23.6 Å². The molecular weight excluding hydrogens is 271 g/mol. The number of thiazole rings is 1. The predicted molar refractivity (Wildman–Crippen MR) is 68.2 cm³/mol. The van der Waals surface area contributed by atoms with Crippen LogP contribution in [0.3, 0.4) is 0 Å². The first kappa shape index (κ1) is 13.2. The lowest BCUT2D eigenvalue weighted by Gasteiger charge is -2.06. The number of carboxylic acid groups (broad SMARTS) is 1. The van der Waals surface area contributed by atoms with Gasteiger partial charge < -0.3 is 10.4 Å². The second-order valence-electron chi connectivity index (χ2n) is 3.76. The summed E-state index contributed by atoms with van der Waals surface area (Å²) in [5.74, 6) is -2.10. The summed E-state index contributed by atoms with van der Waals surface area (Å²) in [5.41, 5.74) is 0.854. The first-order chi connectivity index (χ1) is 8.97. The number of carbonyl (C=O) groups is 2. The molecule has 0 saturated heterocycles. The minimum absolute atomic E-state index is 0.0427. The van der Waals surface area contributed by atoms with Crippen LogP contribution in [0, 0.1) is 12.7 Å². The fraction of sp³-hybridized carbons (Fsp3) is 0.0833. The molecule has 0 bridgehead atoms. The molecule has 19 heavy (non-hydrogen) atoms. The van der Waals surface area contributed by atoms with Crippen molar-refractivity contribution in [1.82, 2.24) is 4.98 Å². The van der Waals surface area contributed by atoms with Crippen molar-refractivity contribution in [1.29, 1.82) is 0 Å². The van der Waals surface area contributed by atoms with Gasteiger partial charge in [0.1, 0.15) is 5.82 Å². The Morgan fingerprint density at radius 3 is 2.74 bits per heavy atom. The normalized spacial score (nSPS) is 10.2. The highest BCUT2D eigenvalue weighted by molar-refractivity contribution is 7.12. The summed E-state index contributed by atoms with van der Waals surface area (Å²) in [5, 5.41) is 12.6. The maximum atomic E-state index is 12.9. The van der Waals surface area contributed by atoms with Crippen molar-refractivity contribution in [2.75, 3.05) is 5.32 Å². The van der Waals surface area contributed by atoms with Crippen LogP contribution in [0.4, 0.5) is 10.1 Å². The van der Waals surface area contributed by atoms with Crippen molar-refractivity contribution in [2.45, 2.75) is 6.92 Å². The van der Waals surface area contributed by atoms with Gasteiger partial charge in [-0.15, -0.1) is 11.3 Å². The summed E-state index contributed by atoms with van der Waals surface area (Å²) >= 11 is 0.936. The van der Waals surface area contributed by atoms with E-state index in [1.54, 1.807) is 6.92 Å². The highest BCUT2D eigenvalue weighted by Crippen LogP contribution is 2.18. The summed E-state index contributed by atoms with van der Waals surface area (Å²) in [6.45, 7) is 1.66. The van der Waals surface area contributed by atoms with E-state index in [2.05, 4.69) is 10.3 Å². The van der Waals surface area contributed by atoms with Crippen LogP contribution < -0.4 is 5.32 Å². The largest absolute Gasteiger partial charge is 0.476 e. The van der Waals surface area contributed by atoms with Gasteiger partial charge >= 0.3 is 5.97 Å². The lowest BCUT2D eigenvalue weighted by atomic mass is 10.2. The van der Waals surface area contributed by atoms with Crippen molar-refractivity contribution in [3.8, 4) is 0 Å². The molecule has 0 fully saturated rings. The fourth-order valence-electron chi connectivity index (χ4n) is 1.42. The highest BCUT2D eigenvalue weighted by Gasteiger charge is 2.15. The number of aryl methyl sites for hydroxylation is 1. The molecule has 2 aromatic rings. The van der Waals surface area contributed by atoms with E-state index < -0.39 is 17.7 Å². The van der Waals surface area contributed by atoms with Gasteiger partial charge in [0.15, 0.2) is 10.7 Å². The van der Waals surface area contributed by atoms with E-state index in [-0.39, 0.29) is 10.7 Å². The quantitative estimate of drug-likeness (QED) is 0.905. The molecule has 7 heteroatoms. The zero-order chi connectivity index (χ0) is 14.0. The first-order valence-electron chi connectivity index (χ1n) is 5.23. The van der Waals surface area contributed by atoms with Gasteiger partial charge in [0.25, 0.3) is 5.91 Å². The van der Waals surface area contributed by atoms with Crippen LogP contribution in [-0.2, 0) is 0 Å². The van der Waals surface area contributed by atoms with Gasteiger partial charge in [0, 0.05) is 11.1 Å². The Bertz CT molecular complexity index is 654. The number of amides is 1. The molecule has 5 nitrogen and oxygen atoms in total. The van der Waals surface area contributed by atoms with Gasteiger partial charge in [-0.2, -0.15) is 0 Å². The third-order valence-corrected chi connectivity index (χ3v) is 3.20. The van der Waals surface area contributed by atoms with Gasteiger partial charge in [0.2, 0.25) is 0 Å². The van der Waals surface area contributed by atoms with Crippen LogP contribution in [0.2, 0.25) is 0 Å². The van der Waals surface area contributed by atoms with E-state index in [0.29, 0.717) is 11.3 Å². The van der Waals surface area contributed by atoms with Gasteiger partial charge in [-0.25, -0.2) is 14.2 Å². The number of aromatic nitrogens is 1. The van der Waals surface area contributed by atoms with Crippen molar-refractivity contribution in [3.63, 3.8) is 0 Å². The van der Waals surface area contributed by atoms with E-state index in [9.17, 15) is 14.0 Å². The standard InChI is InChI=1S/C12H9FN2O3S/c1-6-4-7(13)2-3-8(6)14-10(16)11-15-9(5-19-11)12(17)18/h2-5H,1H3,(H,14,16)(H,17,18). The average molecular weight is 280 g/mol. The van der Waals surface area contributed by atoms with E-state index in [1.165, 1.54) is 23.6 Å². The molecular formula is C12H9FN2O3S. The van der Waals surface area contributed by atoms with E-state index in [4.69, 9.17) is 5.11 Å². The van der Waals surface area contributed by atoms with E-state index >= 15 is 0 Å². The molecule has 0 saturated carbocycles. The number of rotatable bonds is 3. The Balaban J connectivity index is 2.18. The SMILES string of the molecule is Cc1cc(F)ccc1NC(=O)c1nc(C(=O)O)cs1. The lowest BCUT2D eigenvalue weighted by molar-refractivity contribution is 0.0691. The minimum atomic E-state index is -1.19. The van der Waals surface area contributed by atoms with Crippen molar-refractivity contribution in [3.05, 3.63) is 45.7 Å². The third kappa shape index (κ3) is 2.94. The molecule has 1 heterocycles. The molecule has 1 amide bonds. The summed E-state index contributed by atoms with van der Waals surface area (Å²) in [4.78, 5) is 26.2. The molecule has 2 rings (SSSR count). The maximum Gasteiger partial charge on any atom is 0.355 e. The Kier molecular flexibility index (Phi) is 3.57. The minimum Gasteiger partial charge on any atom is -0.476 e. The smallest absolute Gasteiger partial charge is 0.355 e.